The lowest BCUT2D eigenvalue weighted by molar-refractivity contribution is 0.0953. The Hall–Kier alpha value is -1.95. The van der Waals surface area contributed by atoms with E-state index in [1.807, 2.05) is 0 Å². The van der Waals surface area contributed by atoms with Crippen LogP contribution in [-0.2, 0) is 6.42 Å². The smallest absolute Gasteiger partial charge is 0.252 e. The zero-order valence-corrected chi connectivity index (χ0v) is 10.3. The van der Waals surface area contributed by atoms with E-state index in [1.54, 1.807) is 12.1 Å². The van der Waals surface area contributed by atoms with Crippen LogP contribution >= 0.6 is 11.6 Å². The van der Waals surface area contributed by atoms with Crippen LogP contribution < -0.4 is 5.32 Å². The molecule has 0 bridgehead atoms. The highest BCUT2D eigenvalue weighted by atomic mass is 35.5. The molecule has 0 aliphatic rings. The molecule has 0 fully saturated rings. The number of rotatable bonds is 5. The number of H-pyrrole nitrogens is 1. The number of aromatic nitrogens is 4. The zero-order chi connectivity index (χ0) is 12.8. The molecule has 2 heterocycles. The van der Waals surface area contributed by atoms with Crippen LogP contribution in [0.5, 0.6) is 0 Å². The summed E-state index contributed by atoms with van der Waals surface area (Å²) >= 11 is 5.64. The first-order valence-electron chi connectivity index (χ1n) is 5.49. The lowest BCUT2D eigenvalue weighted by Gasteiger charge is -2.03. The molecule has 0 aromatic carbocycles. The predicted molar refractivity (Wildman–Crippen MR) is 66.3 cm³/mol. The van der Waals surface area contributed by atoms with Gasteiger partial charge >= 0.3 is 0 Å². The second kappa shape index (κ2) is 6.11. The molecule has 0 radical (unpaired) electrons. The van der Waals surface area contributed by atoms with Gasteiger partial charge in [-0.2, -0.15) is 5.10 Å². The summed E-state index contributed by atoms with van der Waals surface area (Å²) in [5, 5.41) is 9.68. The van der Waals surface area contributed by atoms with Crippen LogP contribution in [0.2, 0.25) is 5.15 Å². The Labute approximate surface area is 109 Å². The molecule has 0 spiro atoms. The topological polar surface area (TPSA) is 83.6 Å². The number of aryl methyl sites for hydroxylation is 1. The maximum atomic E-state index is 11.7. The molecule has 94 valence electrons. The van der Waals surface area contributed by atoms with E-state index < -0.39 is 0 Å². The van der Waals surface area contributed by atoms with Crippen LogP contribution in [0.4, 0.5) is 0 Å². The average Bonchev–Trinajstić information content (AvgIpc) is 2.88. The highest BCUT2D eigenvalue weighted by Crippen LogP contribution is 2.04. The quantitative estimate of drug-likeness (QED) is 0.629. The van der Waals surface area contributed by atoms with Crippen LogP contribution in [0.1, 0.15) is 22.6 Å². The fraction of sp³-hybridized carbons (Fsp3) is 0.273. The molecule has 7 heteroatoms. The van der Waals surface area contributed by atoms with Crippen LogP contribution in [-0.4, -0.2) is 32.6 Å². The molecule has 2 aromatic heterocycles. The predicted octanol–water partition coefficient (Wildman–Crippen LogP) is 1.22. The molecule has 0 saturated carbocycles. The van der Waals surface area contributed by atoms with Crippen molar-refractivity contribution in [1.82, 2.24) is 25.5 Å². The van der Waals surface area contributed by atoms with Gasteiger partial charge < -0.3 is 5.32 Å². The van der Waals surface area contributed by atoms with Crippen molar-refractivity contribution in [3.8, 4) is 0 Å². The van der Waals surface area contributed by atoms with Gasteiger partial charge in [-0.15, -0.1) is 0 Å². The highest BCUT2D eigenvalue weighted by Gasteiger charge is 2.05. The van der Waals surface area contributed by atoms with Gasteiger partial charge in [-0.1, -0.05) is 11.6 Å². The van der Waals surface area contributed by atoms with Crippen molar-refractivity contribution in [2.24, 2.45) is 0 Å². The minimum Gasteiger partial charge on any atom is -0.352 e. The zero-order valence-electron chi connectivity index (χ0n) is 9.56. The second-order valence-electron chi connectivity index (χ2n) is 3.66. The standard InChI is InChI=1S/C11H12ClN5O/c12-9-4-3-8(6-14-9)11(18)13-5-1-2-10-15-7-16-17-10/h3-4,6-7H,1-2,5H2,(H,13,18)(H,15,16,17). The molecule has 0 unspecified atom stereocenters. The third-order valence-electron chi connectivity index (χ3n) is 2.33. The number of halogens is 1. The van der Waals surface area contributed by atoms with Gasteiger partial charge in [-0.25, -0.2) is 9.97 Å². The normalized spacial score (nSPS) is 10.3. The van der Waals surface area contributed by atoms with Crippen molar-refractivity contribution >= 4 is 17.5 Å². The molecule has 0 aliphatic heterocycles. The van der Waals surface area contributed by atoms with Gasteiger partial charge in [0.25, 0.3) is 5.91 Å². The third-order valence-corrected chi connectivity index (χ3v) is 2.55. The van der Waals surface area contributed by atoms with Crippen LogP contribution in [0, 0.1) is 0 Å². The molecule has 2 aromatic rings. The van der Waals surface area contributed by atoms with Crippen LogP contribution in [0.3, 0.4) is 0 Å². The minimum atomic E-state index is -0.156. The van der Waals surface area contributed by atoms with E-state index in [4.69, 9.17) is 11.6 Å². The van der Waals surface area contributed by atoms with Crippen molar-refractivity contribution in [2.75, 3.05) is 6.54 Å². The van der Waals surface area contributed by atoms with Gasteiger partial charge in [-0.3, -0.25) is 9.89 Å². The van der Waals surface area contributed by atoms with Crippen LogP contribution in [0.15, 0.2) is 24.7 Å². The summed E-state index contributed by atoms with van der Waals surface area (Å²) in [4.78, 5) is 19.5. The molecule has 2 rings (SSSR count). The van der Waals surface area contributed by atoms with Gasteiger partial charge in [0, 0.05) is 19.2 Å². The molecule has 2 N–H and O–H groups in total. The first-order valence-corrected chi connectivity index (χ1v) is 5.87. The van der Waals surface area contributed by atoms with Crippen molar-refractivity contribution < 1.29 is 4.79 Å². The molecule has 18 heavy (non-hydrogen) atoms. The molecule has 6 nitrogen and oxygen atoms in total. The van der Waals surface area contributed by atoms with Crippen molar-refractivity contribution in [3.63, 3.8) is 0 Å². The first-order chi connectivity index (χ1) is 8.75. The maximum Gasteiger partial charge on any atom is 0.252 e. The van der Waals surface area contributed by atoms with Gasteiger partial charge in [-0.05, 0) is 18.6 Å². The first kappa shape index (κ1) is 12.5. The summed E-state index contributed by atoms with van der Waals surface area (Å²) in [7, 11) is 0. The largest absolute Gasteiger partial charge is 0.352 e. The van der Waals surface area contributed by atoms with Gasteiger partial charge in [0.2, 0.25) is 0 Å². The molecular formula is C11H12ClN5O. The number of amides is 1. The number of hydrogen-bond acceptors (Lipinski definition) is 4. The maximum absolute atomic E-state index is 11.7. The number of nitrogens with one attached hydrogen (secondary N) is 2. The number of hydrogen-bond donors (Lipinski definition) is 2. The van der Waals surface area contributed by atoms with Gasteiger partial charge in [0.15, 0.2) is 0 Å². The van der Waals surface area contributed by atoms with E-state index >= 15 is 0 Å². The number of carbonyl (C=O) groups is 1. The van der Waals surface area contributed by atoms with Crippen molar-refractivity contribution in [2.45, 2.75) is 12.8 Å². The number of aromatic amines is 1. The molecule has 0 aliphatic carbocycles. The molecule has 0 saturated heterocycles. The Morgan fingerprint density at radius 2 is 2.28 bits per heavy atom. The van der Waals surface area contributed by atoms with E-state index in [1.165, 1.54) is 12.5 Å². The average molecular weight is 266 g/mol. The number of nitrogens with zero attached hydrogens (tertiary/aromatic N) is 3. The molecule has 1 amide bonds. The SMILES string of the molecule is O=C(NCCCc1ncn[nH]1)c1ccc(Cl)nc1. The van der Waals surface area contributed by atoms with E-state index in [-0.39, 0.29) is 5.91 Å². The third kappa shape index (κ3) is 3.53. The number of pyridine rings is 1. The van der Waals surface area contributed by atoms with Crippen molar-refractivity contribution in [1.29, 1.82) is 0 Å². The monoisotopic (exact) mass is 265 g/mol. The van der Waals surface area contributed by atoms with Crippen molar-refractivity contribution in [3.05, 3.63) is 41.2 Å². The number of carbonyl (C=O) groups excluding carboxylic acids is 1. The Morgan fingerprint density at radius 1 is 1.39 bits per heavy atom. The highest BCUT2D eigenvalue weighted by molar-refractivity contribution is 6.29. The fourth-order valence-corrected chi connectivity index (χ4v) is 1.53. The summed E-state index contributed by atoms with van der Waals surface area (Å²) in [5.41, 5.74) is 0.499. The summed E-state index contributed by atoms with van der Waals surface area (Å²) < 4.78 is 0. The minimum absolute atomic E-state index is 0.156. The summed E-state index contributed by atoms with van der Waals surface area (Å²) in [6.07, 6.45) is 4.46. The Kier molecular flexibility index (Phi) is 4.25. The van der Waals surface area contributed by atoms with Gasteiger partial charge in [0.05, 0.1) is 5.56 Å². The van der Waals surface area contributed by atoms with E-state index in [0.29, 0.717) is 17.3 Å². The Bertz CT molecular complexity index is 497. The summed E-state index contributed by atoms with van der Waals surface area (Å²) in [5.74, 6) is 0.661. The molecule has 0 atom stereocenters. The van der Waals surface area contributed by atoms with Gasteiger partial charge in [0.1, 0.15) is 17.3 Å². The fourth-order valence-electron chi connectivity index (χ4n) is 1.42. The Morgan fingerprint density at radius 3 is 2.94 bits per heavy atom. The molecular weight excluding hydrogens is 254 g/mol. The summed E-state index contributed by atoms with van der Waals surface area (Å²) in [6.45, 7) is 0.572. The van der Waals surface area contributed by atoms with E-state index in [0.717, 1.165) is 18.7 Å². The Balaban J connectivity index is 1.73. The summed E-state index contributed by atoms with van der Waals surface area (Å²) in [6, 6.07) is 3.23. The second-order valence-corrected chi connectivity index (χ2v) is 4.05. The van der Waals surface area contributed by atoms with E-state index in [2.05, 4.69) is 25.5 Å². The lowest BCUT2D eigenvalue weighted by Crippen LogP contribution is -2.24. The van der Waals surface area contributed by atoms with E-state index in [9.17, 15) is 4.79 Å². The lowest BCUT2D eigenvalue weighted by atomic mass is 10.2. The van der Waals surface area contributed by atoms with Crippen LogP contribution in [0.25, 0.3) is 0 Å².